The maximum Gasteiger partial charge on any atom is 0.227 e. The van der Waals surface area contributed by atoms with Gasteiger partial charge in [0, 0.05) is 35.0 Å². The summed E-state index contributed by atoms with van der Waals surface area (Å²) in [5, 5.41) is 8.97. The predicted octanol–water partition coefficient (Wildman–Crippen LogP) is 5.72. The molecule has 1 amide bonds. The number of hydrogen-bond donors (Lipinski definition) is 0. The first-order chi connectivity index (χ1) is 11.5. The number of carbonyl (C=O) groups is 1. The molecule has 0 fully saturated rings. The molecule has 1 heterocycles. The third kappa shape index (κ3) is 4.39. The number of anilines is 1. The van der Waals surface area contributed by atoms with E-state index in [1.165, 1.54) is 24.8 Å². The normalized spacial score (nSPS) is 19.2. The molecule has 3 nitrogen and oxygen atoms in total. The Morgan fingerprint density at radius 3 is 2.79 bits per heavy atom. The number of benzene rings is 1. The van der Waals surface area contributed by atoms with Crippen molar-refractivity contribution in [1.29, 1.82) is 5.26 Å². The van der Waals surface area contributed by atoms with Crippen LogP contribution in [-0.4, -0.2) is 12.5 Å². The first-order valence-electron chi connectivity index (χ1n) is 8.99. The molecule has 0 radical (unpaired) electrons. The fourth-order valence-electron chi connectivity index (χ4n) is 3.53. The molecule has 0 aromatic heterocycles. The highest BCUT2D eigenvalue weighted by Crippen LogP contribution is 2.44. The van der Waals surface area contributed by atoms with Crippen LogP contribution in [0.1, 0.15) is 70.8 Å². The molecular weight excluding hydrogens is 364 g/mol. The van der Waals surface area contributed by atoms with E-state index >= 15 is 0 Å². The average Bonchev–Trinajstić information content (AvgIpc) is 2.86. The standard InChI is InChI=1S/C20H27BrN2O/c1-3-4-5-6-7-9-19(24)23-15-20(2,12-8-13-22)17-14-16(21)10-11-18(17)23/h10-11,14H,3-9,12,15H2,1-2H3. The Morgan fingerprint density at radius 1 is 1.33 bits per heavy atom. The summed E-state index contributed by atoms with van der Waals surface area (Å²) in [6.45, 7) is 5.06. The zero-order chi connectivity index (χ0) is 17.6. The molecule has 0 bridgehead atoms. The van der Waals surface area contributed by atoms with Crippen molar-refractivity contribution in [2.24, 2.45) is 0 Å². The maximum absolute atomic E-state index is 12.7. The number of fused-ring (bicyclic) bond motifs is 1. The van der Waals surface area contributed by atoms with Gasteiger partial charge >= 0.3 is 0 Å². The highest BCUT2D eigenvalue weighted by Gasteiger charge is 2.40. The molecule has 0 saturated carbocycles. The molecule has 0 aliphatic carbocycles. The van der Waals surface area contributed by atoms with Gasteiger partial charge in [0.15, 0.2) is 0 Å². The summed E-state index contributed by atoms with van der Waals surface area (Å²) >= 11 is 3.54. The van der Waals surface area contributed by atoms with Crippen LogP contribution in [0.15, 0.2) is 22.7 Å². The molecule has 0 spiro atoms. The average molecular weight is 391 g/mol. The molecule has 4 heteroatoms. The zero-order valence-electron chi connectivity index (χ0n) is 14.8. The van der Waals surface area contributed by atoms with Crippen LogP contribution in [0.4, 0.5) is 5.69 Å². The Labute approximate surface area is 154 Å². The van der Waals surface area contributed by atoms with Crippen LogP contribution in [-0.2, 0) is 10.2 Å². The summed E-state index contributed by atoms with van der Waals surface area (Å²) in [6.07, 6.45) is 7.71. The van der Waals surface area contributed by atoms with Gasteiger partial charge in [-0.1, -0.05) is 55.5 Å². The Kier molecular flexibility index (Phi) is 6.86. The van der Waals surface area contributed by atoms with Crippen molar-refractivity contribution < 1.29 is 4.79 Å². The van der Waals surface area contributed by atoms with Crippen molar-refractivity contribution >= 4 is 27.5 Å². The van der Waals surface area contributed by atoms with Gasteiger partial charge in [-0.15, -0.1) is 0 Å². The Bertz CT molecular complexity index is 623. The monoisotopic (exact) mass is 390 g/mol. The molecule has 1 aromatic carbocycles. The van der Waals surface area contributed by atoms with Gasteiger partial charge in [0.05, 0.1) is 6.07 Å². The smallest absolute Gasteiger partial charge is 0.227 e. The van der Waals surface area contributed by atoms with Crippen LogP contribution in [0.25, 0.3) is 0 Å². The summed E-state index contributed by atoms with van der Waals surface area (Å²) in [5.41, 5.74) is 2.08. The number of nitrogens with zero attached hydrogens (tertiary/aromatic N) is 2. The van der Waals surface area contributed by atoms with Crippen LogP contribution >= 0.6 is 15.9 Å². The van der Waals surface area contributed by atoms with E-state index in [0.29, 0.717) is 19.4 Å². The van der Waals surface area contributed by atoms with Gasteiger partial charge in [0.2, 0.25) is 5.91 Å². The Hall–Kier alpha value is -1.34. The lowest BCUT2D eigenvalue weighted by molar-refractivity contribution is -0.118. The first-order valence-corrected chi connectivity index (χ1v) is 9.78. The molecule has 1 aromatic rings. The molecular formula is C20H27BrN2O. The number of amides is 1. The van der Waals surface area contributed by atoms with E-state index in [-0.39, 0.29) is 11.3 Å². The van der Waals surface area contributed by atoms with Gasteiger partial charge in [0.25, 0.3) is 0 Å². The van der Waals surface area contributed by atoms with Gasteiger partial charge < -0.3 is 4.90 Å². The maximum atomic E-state index is 12.7. The van der Waals surface area contributed by atoms with Crippen molar-refractivity contribution in [3.05, 3.63) is 28.2 Å². The summed E-state index contributed by atoms with van der Waals surface area (Å²) in [6, 6.07) is 8.39. The minimum Gasteiger partial charge on any atom is -0.311 e. The summed E-state index contributed by atoms with van der Waals surface area (Å²) < 4.78 is 1.03. The van der Waals surface area contributed by atoms with Gasteiger partial charge in [-0.2, -0.15) is 5.26 Å². The van der Waals surface area contributed by atoms with Crippen LogP contribution in [0.5, 0.6) is 0 Å². The minimum absolute atomic E-state index is 0.132. The van der Waals surface area contributed by atoms with Crippen LogP contribution < -0.4 is 4.90 Å². The van der Waals surface area contributed by atoms with E-state index in [1.807, 2.05) is 17.0 Å². The van der Waals surface area contributed by atoms with Crippen molar-refractivity contribution in [1.82, 2.24) is 0 Å². The quantitative estimate of drug-likeness (QED) is 0.532. The molecule has 1 unspecified atom stereocenters. The lowest BCUT2D eigenvalue weighted by atomic mass is 9.80. The van der Waals surface area contributed by atoms with E-state index in [1.54, 1.807) is 0 Å². The fraction of sp³-hybridized carbons (Fsp3) is 0.600. The predicted molar refractivity (Wildman–Crippen MR) is 102 cm³/mol. The van der Waals surface area contributed by atoms with E-state index < -0.39 is 0 Å². The number of nitriles is 1. The second-order valence-corrected chi connectivity index (χ2v) is 7.94. The molecule has 130 valence electrons. The van der Waals surface area contributed by atoms with Gasteiger partial charge in [-0.25, -0.2) is 0 Å². The van der Waals surface area contributed by atoms with Crippen molar-refractivity contribution in [3.63, 3.8) is 0 Å². The molecule has 24 heavy (non-hydrogen) atoms. The van der Waals surface area contributed by atoms with E-state index in [9.17, 15) is 4.79 Å². The highest BCUT2D eigenvalue weighted by molar-refractivity contribution is 9.10. The molecule has 1 atom stereocenters. The Balaban J connectivity index is 2.10. The topological polar surface area (TPSA) is 44.1 Å². The van der Waals surface area contributed by atoms with Crippen molar-refractivity contribution in [2.45, 2.75) is 70.6 Å². The molecule has 2 rings (SSSR count). The minimum atomic E-state index is -0.132. The number of unbranched alkanes of at least 4 members (excludes halogenated alkanes) is 4. The van der Waals surface area contributed by atoms with Crippen LogP contribution in [0, 0.1) is 11.3 Å². The van der Waals surface area contributed by atoms with Gasteiger partial charge in [0.1, 0.15) is 0 Å². The Morgan fingerprint density at radius 2 is 2.08 bits per heavy atom. The van der Waals surface area contributed by atoms with E-state index in [2.05, 4.69) is 41.9 Å². The van der Waals surface area contributed by atoms with E-state index in [0.717, 1.165) is 29.4 Å². The second kappa shape index (κ2) is 8.67. The van der Waals surface area contributed by atoms with Crippen molar-refractivity contribution in [3.8, 4) is 6.07 Å². The summed E-state index contributed by atoms with van der Waals surface area (Å²) in [5.74, 6) is 0.218. The highest BCUT2D eigenvalue weighted by atomic mass is 79.9. The fourth-order valence-corrected chi connectivity index (χ4v) is 3.89. The molecule has 0 saturated heterocycles. The van der Waals surface area contributed by atoms with Gasteiger partial charge in [-0.05, 0) is 36.6 Å². The summed E-state index contributed by atoms with van der Waals surface area (Å²) in [7, 11) is 0. The van der Waals surface area contributed by atoms with Gasteiger partial charge in [-0.3, -0.25) is 4.79 Å². The number of carbonyl (C=O) groups excluding carboxylic acids is 1. The second-order valence-electron chi connectivity index (χ2n) is 7.02. The molecule has 1 aliphatic rings. The van der Waals surface area contributed by atoms with Crippen LogP contribution in [0.3, 0.4) is 0 Å². The number of halogens is 1. The van der Waals surface area contributed by atoms with E-state index in [4.69, 9.17) is 5.26 Å². The van der Waals surface area contributed by atoms with Crippen LogP contribution in [0.2, 0.25) is 0 Å². The largest absolute Gasteiger partial charge is 0.311 e. The zero-order valence-corrected chi connectivity index (χ0v) is 16.4. The first kappa shape index (κ1) is 19.0. The lowest BCUT2D eigenvalue weighted by Gasteiger charge is -2.24. The lowest BCUT2D eigenvalue weighted by Crippen LogP contribution is -2.35. The third-order valence-electron chi connectivity index (χ3n) is 4.99. The summed E-state index contributed by atoms with van der Waals surface area (Å²) in [4.78, 5) is 14.7. The van der Waals surface area contributed by atoms with Crippen molar-refractivity contribution in [2.75, 3.05) is 11.4 Å². The molecule has 0 N–H and O–H groups in total. The number of rotatable bonds is 8. The molecule has 1 aliphatic heterocycles. The number of hydrogen-bond acceptors (Lipinski definition) is 2. The SMILES string of the molecule is CCCCCCCC(=O)N1CC(C)(CCC#N)c2cc(Br)ccc21. The third-order valence-corrected chi connectivity index (χ3v) is 5.48.